The van der Waals surface area contributed by atoms with E-state index in [4.69, 9.17) is 9.47 Å². The fourth-order valence-corrected chi connectivity index (χ4v) is 4.51. The lowest BCUT2D eigenvalue weighted by Gasteiger charge is -2.41. The van der Waals surface area contributed by atoms with Gasteiger partial charge in [-0.25, -0.2) is 0 Å². The first-order chi connectivity index (χ1) is 10.2. The number of benzene rings is 1. The zero-order chi connectivity index (χ0) is 14.6. The molecule has 0 aromatic heterocycles. The Bertz CT molecular complexity index is 598. The van der Waals surface area contributed by atoms with Gasteiger partial charge in [-0.2, -0.15) is 0 Å². The van der Waals surface area contributed by atoms with Crippen molar-refractivity contribution >= 4 is 5.91 Å². The second-order valence-electron chi connectivity index (χ2n) is 6.46. The van der Waals surface area contributed by atoms with Crippen LogP contribution in [0.2, 0.25) is 0 Å². The molecule has 1 heterocycles. The molecule has 0 saturated heterocycles. The first-order valence-electron chi connectivity index (χ1n) is 7.82. The SMILES string of the molecule is COc1ccc2c3c1O[C@@H]1C(NC(C)=O)CCC(CC2)C31. The van der Waals surface area contributed by atoms with E-state index in [0.29, 0.717) is 11.8 Å². The van der Waals surface area contributed by atoms with Crippen molar-refractivity contribution in [3.63, 3.8) is 0 Å². The zero-order valence-corrected chi connectivity index (χ0v) is 12.5. The third-order valence-electron chi connectivity index (χ3n) is 5.34. The Balaban J connectivity index is 1.78. The third-order valence-corrected chi connectivity index (χ3v) is 5.34. The minimum atomic E-state index is 0.0287. The molecule has 1 aliphatic heterocycles. The Morgan fingerprint density at radius 1 is 1.33 bits per heavy atom. The summed E-state index contributed by atoms with van der Waals surface area (Å²) in [5, 5.41) is 3.08. The molecule has 4 nitrogen and oxygen atoms in total. The van der Waals surface area contributed by atoms with Gasteiger partial charge >= 0.3 is 0 Å². The molecular formula is C17H21NO3. The normalized spacial score (nSPS) is 32.1. The largest absolute Gasteiger partial charge is 0.493 e. The van der Waals surface area contributed by atoms with Crippen molar-refractivity contribution in [2.45, 2.75) is 50.7 Å². The minimum Gasteiger partial charge on any atom is -0.493 e. The quantitative estimate of drug-likeness (QED) is 0.908. The summed E-state index contributed by atoms with van der Waals surface area (Å²) in [5.74, 6) is 2.88. The van der Waals surface area contributed by atoms with Crippen LogP contribution in [-0.4, -0.2) is 25.2 Å². The van der Waals surface area contributed by atoms with E-state index in [2.05, 4.69) is 11.4 Å². The van der Waals surface area contributed by atoms with Crippen molar-refractivity contribution in [1.82, 2.24) is 5.32 Å². The summed E-state index contributed by atoms with van der Waals surface area (Å²) in [6.45, 7) is 1.58. The maximum Gasteiger partial charge on any atom is 0.217 e. The summed E-state index contributed by atoms with van der Waals surface area (Å²) in [5.41, 5.74) is 2.75. The van der Waals surface area contributed by atoms with Crippen LogP contribution in [-0.2, 0) is 11.2 Å². The van der Waals surface area contributed by atoms with Crippen LogP contribution < -0.4 is 14.8 Å². The monoisotopic (exact) mass is 287 g/mol. The van der Waals surface area contributed by atoms with Crippen LogP contribution in [0.3, 0.4) is 0 Å². The van der Waals surface area contributed by atoms with E-state index in [1.807, 2.05) is 6.07 Å². The first kappa shape index (κ1) is 13.0. The minimum absolute atomic E-state index is 0.0287. The standard InChI is InChI=1S/C17H21NO3/c1-9(19)18-12-7-5-10-3-4-11-6-8-13(20-2)17-15(11)14(10)16(12)21-17/h6,8,10,12,14,16H,3-5,7H2,1-2H3,(H,18,19)/t10?,12?,14?,16-/m1/s1. The molecule has 21 heavy (non-hydrogen) atoms. The Kier molecular flexibility index (Phi) is 2.88. The van der Waals surface area contributed by atoms with E-state index in [1.54, 1.807) is 14.0 Å². The Hall–Kier alpha value is -1.71. The molecule has 1 aromatic carbocycles. The van der Waals surface area contributed by atoms with Gasteiger partial charge in [0.25, 0.3) is 0 Å². The second kappa shape index (κ2) is 4.65. The molecule has 4 heteroatoms. The molecule has 2 aliphatic carbocycles. The van der Waals surface area contributed by atoms with Gasteiger partial charge in [0.15, 0.2) is 11.5 Å². The molecule has 3 aliphatic rings. The number of amides is 1. The molecule has 112 valence electrons. The highest BCUT2D eigenvalue weighted by Crippen LogP contribution is 2.56. The lowest BCUT2D eigenvalue weighted by Crippen LogP contribution is -2.51. The van der Waals surface area contributed by atoms with Gasteiger partial charge in [-0.15, -0.1) is 0 Å². The summed E-state index contributed by atoms with van der Waals surface area (Å²) in [6, 6.07) is 4.31. The number of carbonyl (C=O) groups excluding carboxylic acids is 1. The molecular weight excluding hydrogens is 266 g/mol. The number of hydrogen-bond donors (Lipinski definition) is 1. The molecule has 1 fully saturated rings. The van der Waals surface area contributed by atoms with Crippen LogP contribution in [0.4, 0.5) is 0 Å². The summed E-state index contributed by atoms with van der Waals surface area (Å²) in [6.07, 6.45) is 4.62. The lowest BCUT2D eigenvalue weighted by atomic mass is 9.66. The fraction of sp³-hybridized carbons (Fsp3) is 0.588. The van der Waals surface area contributed by atoms with Gasteiger partial charge < -0.3 is 14.8 Å². The lowest BCUT2D eigenvalue weighted by molar-refractivity contribution is -0.120. The molecule has 1 amide bonds. The van der Waals surface area contributed by atoms with Gasteiger partial charge in [-0.1, -0.05) is 6.07 Å². The summed E-state index contributed by atoms with van der Waals surface area (Å²) in [4.78, 5) is 11.5. The van der Waals surface area contributed by atoms with Crippen LogP contribution in [0.1, 0.15) is 43.2 Å². The van der Waals surface area contributed by atoms with E-state index in [9.17, 15) is 4.79 Å². The molecule has 1 saturated carbocycles. The van der Waals surface area contributed by atoms with Gasteiger partial charge in [0.05, 0.1) is 13.2 Å². The average molecular weight is 287 g/mol. The highest BCUT2D eigenvalue weighted by atomic mass is 16.5. The van der Waals surface area contributed by atoms with Gasteiger partial charge in [0.1, 0.15) is 6.10 Å². The molecule has 1 N–H and O–H groups in total. The van der Waals surface area contributed by atoms with Crippen molar-refractivity contribution in [1.29, 1.82) is 0 Å². The highest BCUT2D eigenvalue weighted by Gasteiger charge is 2.50. The molecule has 3 unspecified atom stereocenters. The van der Waals surface area contributed by atoms with Crippen molar-refractivity contribution in [2.24, 2.45) is 5.92 Å². The Morgan fingerprint density at radius 3 is 2.95 bits per heavy atom. The molecule has 1 aromatic rings. The number of carbonyl (C=O) groups is 1. The molecule has 4 rings (SSSR count). The van der Waals surface area contributed by atoms with Gasteiger partial charge in [-0.05, 0) is 43.2 Å². The van der Waals surface area contributed by atoms with Crippen LogP contribution in [0, 0.1) is 5.92 Å². The van der Waals surface area contributed by atoms with Crippen LogP contribution in [0.25, 0.3) is 0 Å². The molecule has 0 spiro atoms. The molecule has 4 atom stereocenters. The summed E-state index contributed by atoms with van der Waals surface area (Å²) < 4.78 is 11.8. The van der Waals surface area contributed by atoms with Gasteiger partial charge in [0, 0.05) is 18.4 Å². The third kappa shape index (κ3) is 1.84. The summed E-state index contributed by atoms with van der Waals surface area (Å²) in [7, 11) is 1.69. The first-order valence-corrected chi connectivity index (χ1v) is 7.82. The predicted octanol–water partition coefficient (Wildman–Crippen LogP) is 2.40. The number of hydrogen-bond acceptors (Lipinski definition) is 3. The van der Waals surface area contributed by atoms with Crippen LogP contribution in [0.5, 0.6) is 11.5 Å². The number of nitrogens with one attached hydrogen (secondary N) is 1. The molecule has 0 radical (unpaired) electrons. The van der Waals surface area contributed by atoms with Crippen molar-refractivity contribution in [2.75, 3.05) is 7.11 Å². The highest BCUT2D eigenvalue weighted by molar-refractivity contribution is 5.73. The fourth-order valence-electron chi connectivity index (χ4n) is 4.51. The average Bonchev–Trinajstić information content (AvgIpc) is 2.88. The van der Waals surface area contributed by atoms with Crippen molar-refractivity contribution in [3.8, 4) is 11.5 Å². The van der Waals surface area contributed by atoms with E-state index >= 15 is 0 Å². The van der Waals surface area contributed by atoms with Gasteiger partial charge in [0.2, 0.25) is 5.91 Å². The van der Waals surface area contributed by atoms with Crippen LogP contribution >= 0.6 is 0 Å². The van der Waals surface area contributed by atoms with E-state index in [1.165, 1.54) is 24.0 Å². The maximum atomic E-state index is 11.5. The molecule has 0 bridgehead atoms. The van der Waals surface area contributed by atoms with E-state index < -0.39 is 0 Å². The number of rotatable bonds is 2. The summed E-state index contributed by atoms with van der Waals surface area (Å²) >= 11 is 0. The van der Waals surface area contributed by atoms with E-state index in [-0.39, 0.29) is 18.1 Å². The Morgan fingerprint density at radius 2 is 2.19 bits per heavy atom. The second-order valence-corrected chi connectivity index (χ2v) is 6.46. The number of methoxy groups -OCH3 is 1. The van der Waals surface area contributed by atoms with Crippen molar-refractivity contribution < 1.29 is 14.3 Å². The maximum absolute atomic E-state index is 11.5. The smallest absolute Gasteiger partial charge is 0.217 e. The van der Waals surface area contributed by atoms with Crippen molar-refractivity contribution in [3.05, 3.63) is 23.3 Å². The topological polar surface area (TPSA) is 47.6 Å². The van der Waals surface area contributed by atoms with Gasteiger partial charge in [-0.3, -0.25) is 4.79 Å². The Labute approximate surface area is 124 Å². The zero-order valence-electron chi connectivity index (χ0n) is 12.5. The van der Waals surface area contributed by atoms with E-state index in [0.717, 1.165) is 24.3 Å². The number of aryl methyl sites for hydroxylation is 1. The van der Waals surface area contributed by atoms with Crippen LogP contribution in [0.15, 0.2) is 12.1 Å². The number of ether oxygens (including phenoxy) is 2. The predicted molar refractivity (Wildman–Crippen MR) is 78.8 cm³/mol.